The van der Waals surface area contributed by atoms with E-state index in [4.69, 9.17) is 9.47 Å². The van der Waals surface area contributed by atoms with Gasteiger partial charge in [-0.05, 0) is 68.0 Å². The molecular weight excluding hydrogens is 418 g/mol. The third kappa shape index (κ3) is 3.80. The van der Waals surface area contributed by atoms with Crippen LogP contribution in [0.2, 0.25) is 0 Å². The van der Waals surface area contributed by atoms with Gasteiger partial charge in [-0.15, -0.1) is 0 Å². The molecule has 168 valence electrons. The fourth-order valence-electron chi connectivity index (χ4n) is 4.15. The summed E-state index contributed by atoms with van der Waals surface area (Å²) in [5.74, 6) is 1.23. The third-order valence-corrected chi connectivity index (χ3v) is 6.09. The van der Waals surface area contributed by atoms with E-state index >= 15 is 0 Å². The number of ketones is 1. The van der Waals surface area contributed by atoms with Gasteiger partial charge in [-0.2, -0.15) is 5.10 Å². The van der Waals surface area contributed by atoms with E-state index in [1.807, 2.05) is 45.3 Å². The topological polar surface area (TPSA) is 82.5 Å². The van der Waals surface area contributed by atoms with Gasteiger partial charge in [-0.3, -0.25) is 14.3 Å². The molecule has 1 N–H and O–H groups in total. The molecule has 7 heteroatoms. The molecule has 0 atom stereocenters. The molecule has 0 bridgehead atoms. The summed E-state index contributed by atoms with van der Waals surface area (Å²) in [7, 11) is 1.85. The Kier molecular flexibility index (Phi) is 5.04. The van der Waals surface area contributed by atoms with Crippen LogP contribution in [0.15, 0.2) is 48.7 Å². The van der Waals surface area contributed by atoms with Gasteiger partial charge >= 0.3 is 0 Å². The van der Waals surface area contributed by atoms with E-state index in [2.05, 4.69) is 10.4 Å². The minimum atomic E-state index is -0.664. The summed E-state index contributed by atoms with van der Waals surface area (Å²) in [6.45, 7) is 4.96. The summed E-state index contributed by atoms with van der Waals surface area (Å²) in [5.41, 5.74) is 3.92. The largest absolute Gasteiger partial charge is 0.490 e. The maximum absolute atomic E-state index is 12.9. The zero-order valence-electron chi connectivity index (χ0n) is 18.8. The molecule has 3 aromatic rings. The van der Waals surface area contributed by atoms with Gasteiger partial charge < -0.3 is 14.8 Å². The minimum Gasteiger partial charge on any atom is -0.490 e. The van der Waals surface area contributed by atoms with Crippen LogP contribution in [-0.2, 0) is 17.3 Å². The van der Waals surface area contributed by atoms with E-state index < -0.39 is 5.41 Å². The van der Waals surface area contributed by atoms with Gasteiger partial charge in [0.1, 0.15) is 0 Å². The number of allylic oxidation sites excluding steroid dienone is 1. The minimum absolute atomic E-state index is 0.0622. The Balaban J connectivity index is 1.43. The Hall–Kier alpha value is -3.87. The monoisotopic (exact) mass is 443 g/mol. The Labute approximate surface area is 192 Å². The fourth-order valence-corrected chi connectivity index (χ4v) is 4.15. The molecule has 1 aromatic heterocycles. The number of anilines is 1. The second-order valence-electron chi connectivity index (χ2n) is 8.86. The Morgan fingerprint density at radius 3 is 2.73 bits per heavy atom. The lowest BCUT2D eigenvalue weighted by molar-refractivity contribution is -0.119. The van der Waals surface area contributed by atoms with Crippen molar-refractivity contribution in [3.8, 4) is 22.8 Å². The van der Waals surface area contributed by atoms with E-state index in [9.17, 15) is 9.59 Å². The zero-order chi connectivity index (χ0) is 23.2. The van der Waals surface area contributed by atoms with Crippen molar-refractivity contribution in [1.82, 2.24) is 9.78 Å². The first kappa shape index (κ1) is 21.0. The maximum Gasteiger partial charge on any atom is 0.234 e. The summed E-state index contributed by atoms with van der Waals surface area (Å²) >= 11 is 0. The van der Waals surface area contributed by atoms with Crippen LogP contribution in [0.5, 0.6) is 11.5 Å². The predicted octanol–water partition coefficient (Wildman–Crippen LogP) is 4.37. The SMILES string of the molecule is Cn1cc(/C=C/C(=O)c2ccc3c(c2)C(C)(C)C(=O)N3)c(-c2ccc3c(c2)OCCCO3)n1. The van der Waals surface area contributed by atoms with E-state index in [-0.39, 0.29) is 11.7 Å². The van der Waals surface area contributed by atoms with Crippen LogP contribution in [-0.4, -0.2) is 34.7 Å². The molecule has 5 rings (SSSR count). The van der Waals surface area contributed by atoms with Crippen LogP contribution in [0.4, 0.5) is 5.69 Å². The number of rotatable bonds is 4. The van der Waals surface area contributed by atoms with Crippen molar-refractivity contribution in [3.05, 3.63) is 65.4 Å². The zero-order valence-corrected chi connectivity index (χ0v) is 18.8. The Morgan fingerprint density at radius 1 is 1.12 bits per heavy atom. The highest BCUT2D eigenvalue weighted by molar-refractivity contribution is 6.10. The van der Waals surface area contributed by atoms with E-state index in [1.54, 1.807) is 35.0 Å². The highest BCUT2D eigenvalue weighted by Gasteiger charge is 2.38. The van der Waals surface area contributed by atoms with Crippen LogP contribution in [0.25, 0.3) is 17.3 Å². The highest BCUT2D eigenvalue weighted by atomic mass is 16.5. The molecule has 0 unspecified atom stereocenters. The Bertz CT molecular complexity index is 1300. The normalized spacial score (nSPS) is 16.4. The number of nitrogens with zero attached hydrogens (tertiary/aromatic N) is 2. The first-order valence-corrected chi connectivity index (χ1v) is 10.9. The molecule has 33 heavy (non-hydrogen) atoms. The van der Waals surface area contributed by atoms with E-state index in [0.717, 1.165) is 40.2 Å². The van der Waals surface area contributed by atoms with Crippen molar-refractivity contribution in [2.75, 3.05) is 18.5 Å². The van der Waals surface area contributed by atoms with Crippen LogP contribution in [0.1, 0.15) is 41.8 Å². The molecule has 1 amide bonds. The molecule has 3 heterocycles. The standard InChI is InChI=1S/C26H25N3O4/c1-26(2)19-13-16(5-8-20(19)27-25(26)31)21(30)9-6-18-15-29(3)28-24(18)17-7-10-22-23(14-17)33-12-4-11-32-22/h5-10,13-15H,4,11-12H2,1-3H3,(H,27,31)/b9-6+. The van der Waals surface area contributed by atoms with Gasteiger partial charge in [0.05, 0.1) is 24.3 Å². The van der Waals surface area contributed by atoms with Gasteiger partial charge in [-0.25, -0.2) is 0 Å². The van der Waals surface area contributed by atoms with Crippen LogP contribution < -0.4 is 14.8 Å². The van der Waals surface area contributed by atoms with Crippen LogP contribution in [0, 0.1) is 0 Å². The summed E-state index contributed by atoms with van der Waals surface area (Å²) in [6.07, 6.45) is 6.03. The van der Waals surface area contributed by atoms with Crippen molar-refractivity contribution in [2.24, 2.45) is 7.05 Å². The van der Waals surface area contributed by atoms with Crippen molar-refractivity contribution >= 4 is 23.5 Å². The summed E-state index contributed by atoms with van der Waals surface area (Å²) < 4.78 is 13.3. The molecule has 0 saturated carbocycles. The number of hydrogen-bond donors (Lipinski definition) is 1. The number of carbonyl (C=O) groups excluding carboxylic acids is 2. The number of ether oxygens (including phenoxy) is 2. The second-order valence-corrected chi connectivity index (χ2v) is 8.86. The van der Waals surface area contributed by atoms with Crippen molar-refractivity contribution in [3.63, 3.8) is 0 Å². The number of carbonyl (C=O) groups is 2. The number of benzene rings is 2. The molecule has 2 aliphatic rings. The van der Waals surface area contributed by atoms with Gasteiger partial charge in [0.2, 0.25) is 5.91 Å². The summed E-state index contributed by atoms with van der Waals surface area (Å²) in [5, 5.41) is 7.46. The van der Waals surface area contributed by atoms with Crippen molar-refractivity contribution < 1.29 is 19.1 Å². The highest BCUT2D eigenvalue weighted by Crippen LogP contribution is 2.38. The average molecular weight is 444 g/mol. The molecule has 0 fully saturated rings. The molecule has 2 aromatic carbocycles. The number of aryl methyl sites for hydroxylation is 1. The first-order valence-electron chi connectivity index (χ1n) is 10.9. The number of hydrogen-bond acceptors (Lipinski definition) is 5. The van der Waals surface area contributed by atoms with Gasteiger partial charge in [0, 0.05) is 42.0 Å². The quantitative estimate of drug-likeness (QED) is 0.478. The van der Waals surface area contributed by atoms with E-state index in [0.29, 0.717) is 24.5 Å². The van der Waals surface area contributed by atoms with Gasteiger partial charge in [0.15, 0.2) is 17.3 Å². The lowest BCUT2D eigenvalue weighted by atomic mass is 9.85. The maximum atomic E-state index is 12.9. The van der Waals surface area contributed by atoms with E-state index in [1.165, 1.54) is 0 Å². The smallest absolute Gasteiger partial charge is 0.234 e. The number of aromatic nitrogens is 2. The average Bonchev–Trinajstić information content (AvgIpc) is 3.15. The summed E-state index contributed by atoms with van der Waals surface area (Å²) in [6, 6.07) is 11.1. The van der Waals surface area contributed by atoms with Crippen LogP contribution in [0.3, 0.4) is 0 Å². The second kappa shape index (κ2) is 7.92. The molecule has 0 radical (unpaired) electrons. The molecule has 0 aliphatic carbocycles. The van der Waals surface area contributed by atoms with Crippen molar-refractivity contribution in [2.45, 2.75) is 25.7 Å². The molecule has 7 nitrogen and oxygen atoms in total. The summed E-state index contributed by atoms with van der Waals surface area (Å²) in [4.78, 5) is 25.1. The van der Waals surface area contributed by atoms with Gasteiger partial charge in [0.25, 0.3) is 0 Å². The lowest BCUT2D eigenvalue weighted by Crippen LogP contribution is -2.26. The third-order valence-electron chi connectivity index (χ3n) is 6.09. The van der Waals surface area contributed by atoms with Crippen LogP contribution >= 0.6 is 0 Å². The number of amides is 1. The van der Waals surface area contributed by atoms with Gasteiger partial charge in [-0.1, -0.05) is 0 Å². The number of fused-ring (bicyclic) bond motifs is 2. The Morgan fingerprint density at radius 2 is 1.91 bits per heavy atom. The van der Waals surface area contributed by atoms with Crippen molar-refractivity contribution in [1.29, 1.82) is 0 Å². The molecule has 2 aliphatic heterocycles. The predicted molar refractivity (Wildman–Crippen MR) is 126 cm³/mol. The molecule has 0 spiro atoms. The lowest BCUT2D eigenvalue weighted by Gasteiger charge is -2.15. The fraction of sp³-hybridized carbons (Fsp3) is 0.269. The first-order chi connectivity index (χ1) is 15.8. The molecular formula is C26H25N3O4. The number of nitrogens with one attached hydrogen (secondary N) is 1. The molecule has 0 saturated heterocycles.